The fraction of sp³-hybridized carbons (Fsp3) is 0.407. The van der Waals surface area contributed by atoms with Crippen LogP contribution in [-0.4, -0.2) is 107 Å². The molecular formula is C54H65ClN6O12. The predicted octanol–water partition coefficient (Wildman–Crippen LogP) is 7.33. The Labute approximate surface area is 430 Å². The number of unbranched alkanes of at least 4 members (excludes halogenated alkanes) is 1. The lowest BCUT2D eigenvalue weighted by Crippen LogP contribution is -2.56. The number of amides is 6. The van der Waals surface area contributed by atoms with Crippen LogP contribution in [0.15, 0.2) is 84.9 Å². The summed E-state index contributed by atoms with van der Waals surface area (Å²) in [6.07, 6.45) is -1.12. The van der Waals surface area contributed by atoms with Gasteiger partial charge in [0.1, 0.15) is 46.9 Å². The van der Waals surface area contributed by atoms with Crippen molar-refractivity contribution in [1.82, 2.24) is 31.5 Å². The fourth-order valence-corrected chi connectivity index (χ4v) is 7.80. The average Bonchev–Trinajstić information content (AvgIpc) is 3.30. The highest BCUT2D eigenvalue weighted by Crippen LogP contribution is 2.40. The third-order valence-electron chi connectivity index (χ3n) is 11.5. The van der Waals surface area contributed by atoms with Crippen LogP contribution in [0.5, 0.6) is 11.5 Å². The van der Waals surface area contributed by atoms with Gasteiger partial charge in [0, 0.05) is 41.7 Å². The third-order valence-corrected chi connectivity index (χ3v) is 11.8. The quantitative estimate of drug-likeness (QED) is 0.0413. The zero-order valence-corrected chi connectivity index (χ0v) is 43.5. The molecule has 390 valence electrons. The number of Topliss-reactive ketones (excluding diaryl/α,β-unsaturated/α-hetero) is 1. The Morgan fingerprint density at radius 2 is 1.42 bits per heavy atom. The van der Waals surface area contributed by atoms with Crippen LogP contribution in [-0.2, 0) is 39.9 Å². The molecular weight excluding hydrogens is 960 g/mol. The maximum Gasteiger partial charge on any atom is 0.514 e. The molecule has 4 aromatic carbocycles. The van der Waals surface area contributed by atoms with Crippen LogP contribution < -0.4 is 31.3 Å². The molecule has 0 spiro atoms. The standard InChI is InChI=1S/C54H65ClN6O12/c1-30(32(3)62)57-48(66)42-28-33-14-25-44(71-52(70)73-54(7,8)9)40(27-33)39-29-37(21-24-43(39)63)45(49(67)58-31(2)46(64)60-42)61(10)50(68)41(13-11-12-26-56-51(69)72-53(4,5)6)59-47(65)36-17-15-34(16-18-36)35-19-22-38(55)23-20-35/h14-25,27,29-31,41-42,45,63H,11-13,26,28H2,1-10H3,(H,56,69)(H,57,66)(H,58,67)(H,59,65)(H,60,64)/t30-,31-,41-,42-,45-/m0/s1. The first-order chi connectivity index (χ1) is 34.2. The lowest BCUT2D eigenvalue weighted by atomic mass is 9.93. The van der Waals surface area contributed by atoms with E-state index in [1.54, 1.807) is 84.0 Å². The number of carbonyl (C=O) groups is 8. The Morgan fingerprint density at radius 3 is 2.04 bits per heavy atom. The summed E-state index contributed by atoms with van der Waals surface area (Å²) in [5.41, 5.74) is 0.941. The lowest BCUT2D eigenvalue weighted by molar-refractivity contribution is -0.141. The Kier molecular flexibility index (Phi) is 18.8. The summed E-state index contributed by atoms with van der Waals surface area (Å²) >= 11 is 6.09. The number of aromatic hydroxyl groups is 1. The van der Waals surface area contributed by atoms with E-state index in [-0.39, 0.29) is 58.9 Å². The Bertz CT molecular complexity index is 2700. The van der Waals surface area contributed by atoms with E-state index in [1.807, 2.05) is 12.1 Å². The molecule has 0 aliphatic carbocycles. The Balaban J connectivity index is 1.56. The molecule has 1 aliphatic heterocycles. The molecule has 4 bridgehead atoms. The van der Waals surface area contributed by atoms with E-state index in [4.69, 9.17) is 25.8 Å². The number of ether oxygens (including phenoxy) is 3. The van der Waals surface area contributed by atoms with Crippen molar-refractivity contribution >= 4 is 59.2 Å². The minimum atomic E-state index is -1.55. The number of phenols is 1. The molecule has 6 amide bonds. The lowest BCUT2D eigenvalue weighted by Gasteiger charge is -2.32. The molecule has 1 aliphatic rings. The number of alkyl carbamates (subject to hydrolysis) is 1. The van der Waals surface area contributed by atoms with Crippen LogP contribution in [0.2, 0.25) is 5.02 Å². The van der Waals surface area contributed by atoms with Crippen LogP contribution in [0.25, 0.3) is 22.3 Å². The van der Waals surface area contributed by atoms with Gasteiger partial charge in [-0.3, -0.25) is 28.8 Å². The topological polar surface area (TPSA) is 248 Å². The first-order valence-electron chi connectivity index (χ1n) is 23.9. The summed E-state index contributed by atoms with van der Waals surface area (Å²) in [7, 11) is 1.35. The Hall–Kier alpha value is -7.47. The number of benzene rings is 4. The van der Waals surface area contributed by atoms with Crippen molar-refractivity contribution in [2.45, 2.75) is 129 Å². The SMILES string of the molecule is CC(=O)[C@H](C)NC(=O)[C@@H]1Cc2ccc(OC(=O)OC(C)(C)C)c(c2)-c2cc(ccc2O)[C@H](N(C)C(=O)[C@H](CCCCNC(=O)OC(C)(C)C)NC(=O)c2ccc(-c3ccc(Cl)cc3)cc2)C(=O)N[C@@H](C)C(=O)N1. The maximum absolute atomic E-state index is 15.0. The maximum atomic E-state index is 15.0. The molecule has 0 fully saturated rings. The molecule has 5 atom stereocenters. The Morgan fingerprint density at radius 1 is 0.795 bits per heavy atom. The highest BCUT2D eigenvalue weighted by Gasteiger charge is 2.36. The number of nitrogens with zero attached hydrogens (tertiary/aromatic N) is 1. The molecule has 19 heteroatoms. The molecule has 0 saturated carbocycles. The average molecular weight is 1030 g/mol. The van der Waals surface area contributed by atoms with Gasteiger partial charge in [-0.05, 0) is 152 Å². The van der Waals surface area contributed by atoms with Crippen LogP contribution in [0.4, 0.5) is 9.59 Å². The van der Waals surface area contributed by atoms with Crippen LogP contribution in [0.3, 0.4) is 0 Å². The van der Waals surface area contributed by atoms with Gasteiger partial charge < -0.3 is 50.8 Å². The minimum absolute atomic E-state index is 0.0429. The van der Waals surface area contributed by atoms with E-state index in [0.29, 0.717) is 23.4 Å². The number of hydrogen-bond donors (Lipinski definition) is 6. The number of phenolic OH excluding ortho intramolecular Hbond substituents is 1. The number of nitrogens with one attached hydrogen (secondary N) is 5. The molecule has 6 N–H and O–H groups in total. The number of hydrogen-bond acceptors (Lipinski definition) is 12. The van der Waals surface area contributed by atoms with Crippen LogP contribution in [0, 0.1) is 0 Å². The van der Waals surface area contributed by atoms with Gasteiger partial charge in [0.05, 0.1) is 6.04 Å². The number of rotatable bonds is 14. The van der Waals surface area contributed by atoms with Gasteiger partial charge in [0.2, 0.25) is 23.6 Å². The van der Waals surface area contributed by atoms with Crippen molar-refractivity contribution < 1.29 is 57.7 Å². The molecule has 0 unspecified atom stereocenters. The number of fused-ring (bicyclic) bond motifs is 5. The monoisotopic (exact) mass is 1020 g/mol. The van der Waals surface area contributed by atoms with Crippen molar-refractivity contribution in [1.29, 1.82) is 0 Å². The van der Waals surface area contributed by atoms with E-state index in [1.165, 1.54) is 58.2 Å². The number of carbonyl (C=O) groups excluding carboxylic acids is 8. The van der Waals surface area contributed by atoms with Gasteiger partial charge in [-0.15, -0.1) is 0 Å². The van der Waals surface area contributed by atoms with Crippen molar-refractivity contribution in [2.24, 2.45) is 0 Å². The zero-order valence-electron chi connectivity index (χ0n) is 42.8. The molecule has 0 saturated heterocycles. The highest BCUT2D eigenvalue weighted by molar-refractivity contribution is 6.30. The van der Waals surface area contributed by atoms with Gasteiger partial charge in [-0.25, -0.2) is 9.59 Å². The molecule has 18 nitrogen and oxygen atoms in total. The first-order valence-corrected chi connectivity index (χ1v) is 24.3. The molecule has 0 radical (unpaired) electrons. The zero-order chi connectivity index (χ0) is 53.9. The number of ketones is 1. The van der Waals surface area contributed by atoms with Gasteiger partial charge in [0.25, 0.3) is 5.91 Å². The largest absolute Gasteiger partial charge is 0.514 e. The first kappa shape index (κ1) is 56.4. The second-order valence-corrected chi connectivity index (χ2v) is 20.3. The van der Waals surface area contributed by atoms with E-state index in [0.717, 1.165) is 16.0 Å². The minimum Gasteiger partial charge on any atom is -0.507 e. The van der Waals surface area contributed by atoms with Crippen molar-refractivity contribution in [3.8, 4) is 33.8 Å². The highest BCUT2D eigenvalue weighted by atomic mass is 35.5. The van der Waals surface area contributed by atoms with Crippen molar-refractivity contribution in [3.63, 3.8) is 0 Å². The molecule has 73 heavy (non-hydrogen) atoms. The van der Waals surface area contributed by atoms with Crippen molar-refractivity contribution in [3.05, 3.63) is 107 Å². The number of likely N-dealkylation sites (N-methyl/N-ethyl adjacent to an activating group) is 1. The van der Waals surface area contributed by atoms with E-state index in [2.05, 4.69) is 26.6 Å². The smallest absolute Gasteiger partial charge is 0.507 e. The fourth-order valence-electron chi connectivity index (χ4n) is 7.68. The molecule has 1 heterocycles. The third kappa shape index (κ3) is 16.3. The van der Waals surface area contributed by atoms with Gasteiger partial charge >= 0.3 is 12.2 Å². The van der Waals surface area contributed by atoms with Gasteiger partial charge in [-0.2, -0.15) is 0 Å². The van der Waals surface area contributed by atoms with E-state index >= 15 is 0 Å². The summed E-state index contributed by atoms with van der Waals surface area (Å²) in [4.78, 5) is 110. The summed E-state index contributed by atoms with van der Waals surface area (Å²) < 4.78 is 16.5. The molecule has 0 aromatic heterocycles. The summed E-state index contributed by atoms with van der Waals surface area (Å²) in [5, 5.41) is 25.6. The summed E-state index contributed by atoms with van der Waals surface area (Å²) in [6.45, 7) is 14.5. The second kappa shape index (κ2) is 24.3. The van der Waals surface area contributed by atoms with Gasteiger partial charge in [-0.1, -0.05) is 48.0 Å². The van der Waals surface area contributed by atoms with E-state index in [9.17, 15) is 43.5 Å². The molecule has 4 aromatic rings. The summed E-state index contributed by atoms with van der Waals surface area (Å²) in [6, 6.07) is 16.2. The van der Waals surface area contributed by atoms with Gasteiger partial charge in [0.15, 0.2) is 5.78 Å². The normalized spacial score (nSPS) is 16.7. The van der Waals surface area contributed by atoms with E-state index < -0.39 is 83.2 Å². The van der Waals surface area contributed by atoms with Crippen molar-refractivity contribution in [2.75, 3.05) is 13.6 Å². The second-order valence-electron chi connectivity index (χ2n) is 19.9. The number of halogens is 1. The summed E-state index contributed by atoms with van der Waals surface area (Å²) in [5.74, 6) is -4.41. The van der Waals surface area contributed by atoms with Crippen LogP contribution in [0.1, 0.15) is 109 Å². The molecule has 5 rings (SSSR count). The van der Waals surface area contributed by atoms with Crippen LogP contribution >= 0.6 is 11.6 Å². The predicted molar refractivity (Wildman–Crippen MR) is 274 cm³/mol.